The summed E-state index contributed by atoms with van der Waals surface area (Å²) in [4.78, 5) is 37.6. The molecule has 0 aromatic heterocycles. The molecule has 2 aromatic rings. The molecule has 0 aliphatic carbocycles. The lowest BCUT2D eigenvalue weighted by molar-refractivity contribution is -0.384. The molecule has 1 amide bonds. The number of likely N-dealkylation sites (tertiary alicyclic amines) is 1. The predicted molar refractivity (Wildman–Crippen MR) is 112 cm³/mol. The molecule has 0 saturated carbocycles. The van der Waals surface area contributed by atoms with Gasteiger partial charge in [0.2, 0.25) is 0 Å². The molecule has 1 aliphatic rings. The van der Waals surface area contributed by atoms with Crippen LogP contribution in [0.25, 0.3) is 5.76 Å². The predicted octanol–water partition coefficient (Wildman–Crippen LogP) is 3.06. The summed E-state index contributed by atoms with van der Waals surface area (Å²) < 4.78 is 10.2. The van der Waals surface area contributed by atoms with E-state index in [1.54, 1.807) is 24.3 Å². The molecular weight excluding hydrogens is 404 g/mol. The third-order valence-electron chi connectivity index (χ3n) is 5.05. The summed E-state index contributed by atoms with van der Waals surface area (Å²) in [6.45, 7) is 0.629. The zero-order chi connectivity index (χ0) is 22.5. The lowest BCUT2D eigenvalue weighted by Gasteiger charge is -2.25. The van der Waals surface area contributed by atoms with Crippen LogP contribution in [0.5, 0.6) is 5.75 Å². The number of rotatable bonds is 8. The number of non-ortho nitro benzene ring substituents is 1. The number of hydrogen-bond donors (Lipinski definition) is 1. The molecule has 31 heavy (non-hydrogen) atoms. The van der Waals surface area contributed by atoms with E-state index in [0.717, 1.165) is 0 Å². The highest BCUT2D eigenvalue weighted by molar-refractivity contribution is 6.46. The number of nitrogens with zero attached hydrogens (tertiary/aromatic N) is 2. The molecule has 0 radical (unpaired) electrons. The minimum absolute atomic E-state index is 0.0857. The van der Waals surface area contributed by atoms with Gasteiger partial charge in [-0.1, -0.05) is 24.3 Å². The molecular formula is C22H22N2O7. The van der Waals surface area contributed by atoms with E-state index in [0.29, 0.717) is 24.3 Å². The van der Waals surface area contributed by atoms with Gasteiger partial charge < -0.3 is 19.5 Å². The van der Waals surface area contributed by atoms with Crippen molar-refractivity contribution in [3.8, 4) is 5.75 Å². The van der Waals surface area contributed by atoms with Crippen LogP contribution in [-0.4, -0.2) is 54.0 Å². The number of hydrogen-bond acceptors (Lipinski definition) is 7. The Morgan fingerprint density at radius 1 is 1.16 bits per heavy atom. The van der Waals surface area contributed by atoms with Crippen molar-refractivity contribution in [2.24, 2.45) is 0 Å². The van der Waals surface area contributed by atoms with Gasteiger partial charge in [-0.3, -0.25) is 19.7 Å². The number of aliphatic hydroxyl groups is 1. The Hall–Kier alpha value is -3.72. The van der Waals surface area contributed by atoms with Gasteiger partial charge in [0.25, 0.3) is 17.4 Å². The zero-order valence-corrected chi connectivity index (χ0v) is 17.1. The van der Waals surface area contributed by atoms with E-state index in [1.807, 2.05) is 0 Å². The number of methoxy groups -OCH3 is 2. The lowest BCUT2D eigenvalue weighted by atomic mass is 9.95. The third kappa shape index (κ3) is 4.41. The Morgan fingerprint density at radius 3 is 2.48 bits per heavy atom. The highest BCUT2D eigenvalue weighted by Crippen LogP contribution is 2.40. The van der Waals surface area contributed by atoms with E-state index in [1.165, 1.54) is 43.4 Å². The Labute approximate surface area is 178 Å². The molecule has 1 heterocycles. The average molecular weight is 426 g/mol. The molecule has 1 unspecified atom stereocenters. The molecule has 1 N–H and O–H groups in total. The first-order chi connectivity index (χ1) is 14.9. The van der Waals surface area contributed by atoms with Crippen molar-refractivity contribution in [2.75, 3.05) is 27.4 Å². The summed E-state index contributed by atoms with van der Waals surface area (Å²) in [5.41, 5.74) is 0.333. The summed E-state index contributed by atoms with van der Waals surface area (Å²) in [5.74, 6) is -1.46. The Balaban J connectivity index is 2.13. The normalized spacial score (nSPS) is 17.7. The molecule has 9 heteroatoms. The van der Waals surface area contributed by atoms with Crippen LogP contribution in [0, 0.1) is 10.1 Å². The Bertz CT molecular complexity index is 1030. The summed E-state index contributed by atoms with van der Waals surface area (Å²) in [6.07, 6.45) is 0.493. The molecule has 162 valence electrons. The second-order valence-corrected chi connectivity index (χ2v) is 6.92. The topological polar surface area (TPSA) is 119 Å². The fourth-order valence-electron chi connectivity index (χ4n) is 3.54. The van der Waals surface area contributed by atoms with Crippen molar-refractivity contribution in [3.63, 3.8) is 0 Å². The van der Waals surface area contributed by atoms with E-state index in [2.05, 4.69) is 0 Å². The van der Waals surface area contributed by atoms with Crippen LogP contribution in [-0.2, 0) is 14.3 Å². The van der Waals surface area contributed by atoms with E-state index in [9.17, 15) is 24.8 Å². The van der Waals surface area contributed by atoms with Gasteiger partial charge in [0, 0.05) is 38.0 Å². The van der Waals surface area contributed by atoms with Crippen molar-refractivity contribution in [1.82, 2.24) is 4.90 Å². The molecule has 1 fully saturated rings. The van der Waals surface area contributed by atoms with Gasteiger partial charge in [-0.25, -0.2) is 0 Å². The number of benzene rings is 2. The lowest BCUT2D eigenvalue weighted by Crippen LogP contribution is -2.31. The molecule has 0 spiro atoms. The van der Waals surface area contributed by atoms with E-state index in [4.69, 9.17) is 9.47 Å². The number of aliphatic hydroxyl groups excluding tert-OH is 1. The van der Waals surface area contributed by atoms with Gasteiger partial charge >= 0.3 is 0 Å². The van der Waals surface area contributed by atoms with Crippen molar-refractivity contribution < 1.29 is 29.1 Å². The SMILES string of the molecule is COCCCN1C(=O)C(=O)/C(=C(\O)c2cccc([N+](=O)[O-])c2)C1c1ccc(OC)cc1. The molecule has 0 bridgehead atoms. The highest BCUT2D eigenvalue weighted by atomic mass is 16.6. The number of carbonyl (C=O) groups excluding carboxylic acids is 2. The van der Waals surface area contributed by atoms with Crippen LogP contribution in [0.3, 0.4) is 0 Å². The first-order valence-electron chi connectivity index (χ1n) is 9.55. The summed E-state index contributed by atoms with van der Waals surface area (Å²) in [6, 6.07) is 11.3. The minimum Gasteiger partial charge on any atom is -0.507 e. The van der Waals surface area contributed by atoms with E-state index >= 15 is 0 Å². The fourth-order valence-corrected chi connectivity index (χ4v) is 3.54. The maximum Gasteiger partial charge on any atom is 0.295 e. The maximum atomic E-state index is 12.9. The van der Waals surface area contributed by atoms with Gasteiger partial charge in [0.1, 0.15) is 11.5 Å². The van der Waals surface area contributed by atoms with Gasteiger partial charge in [0.05, 0.1) is 23.6 Å². The van der Waals surface area contributed by atoms with Crippen molar-refractivity contribution in [2.45, 2.75) is 12.5 Å². The minimum atomic E-state index is -0.845. The highest BCUT2D eigenvalue weighted by Gasteiger charge is 2.45. The van der Waals surface area contributed by atoms with Crippen molar-refractivity contribution >= 4 is 23.1 Å². The van der Waals surface area contributed by atoms with E-state index < -0.39 is 28.4 Å². The van der Waals surface area contributed by atoms with Gasteiger partial charge in [-0.2, -0.15) is 0 Å². The number of nitro benzene ring substituents is 1. The van der Waals surface area contributed by atoms with Crippen LogP contribution in [0.2, 0.25) is 0 Å². The summed E-state index contributed by atoms with van der Waals surface area (Å²) >= 11 is 0. The number of nitro groups is 1. The molecule has 1 aliphatic heterocycles. The second-order valence-electron chi connectivity index (χ2n) is 6.92. The maximum absolute atomic E-state index is 12.9. The van der Waals surface area contributed by atoms with Crippen molar-refractivity contribution in [3.05, 3.63) is 75.3 Å². The summed E-state index contributed by atoms with van der Waals surface area (Å²) in [5, 5.41) is 22.1. The molecule has 9 nitrogen and oxygen atoms in total. The zero-order valence-electron chi connectivity index (χ0n) is 17.1. The van der Waals surface area contributed by atoms with Crippen LogP contribution in [0.15, 0.2) is 54.1 Å². The van der Waals surface area contributed by atoms with Gasteiger partial charge in [0.15, 0.2) is 0 Å². The molecule has 1 atom stereocenters. The van der Waals surface area contributed by atoms with E-state index in [-0.39, 0.29) is 23.4 Å². The quantitative estimate of drug-likeness (QED) is 0.172. The van der Waals surface area contributed by atoms with Crippen molar-refractivity contribution in [1.29, 1.82) is 0 Å². The molecule has 3 rings (SSSR count). The molecule has 2 aromatic carbocycles. The van der Waals surface area contributed by atoms with Gasteiger partial charge in [-0.05, 0) is 24.1 Å². The first kappa shape index (κ1) is 22.0. The van der Waals surface area contributed by atoms with Crippen LogP contribution in [0.1, 0.15) is 23.6 Å². The average Bonchev–Trinajstić information content (AvgIpc) is 3.04. The molecule has 1 saturated heterocycles. The van der Waals surface area contributed by atoms with Crippen LogP contribution < -0.4 is 4.74 Å². The van der Waals surface area contributed by atoms with Gasteiger partial charge in [-0.15, -0.1) is 0 Å². The number of amides is 1. The Kier molecular flexibility index (Phi) is 6.66. The van der Waals surface area contributed by atoms with Crippen LogP contribution in [0.4, 0.5) is 5.69 Å². The monoisotopic (exact) mass is 426 g/mol. The largest absolute Gasteiger partial charge is 0.507 e. The Morgan fingerprint density at radius 2 is 1.87 bits per heavy atom. The fraction of sp³-hybridized carbons (Fsp3) is 0.273. The number of ether oxygens (including phenoxy) is 2. The number of Topliss-reactive ketones (excluding diaryl/α,β-unsaturated/α-hetero) is 1. The number of ketones is 1. The third-order valence-corrected chi connectivity index (χ3v) is 5.05. The standard InChI is InChI=1S/C22H22N2O7/c1-30-12-4-11-23-19(14-7-9-17(31-2)10-8-14)18(21(26)22(23)27)20(25)15-5-3-6-16(13-15)24(28)29/h3,5-10,13,19,25H,4,11-12H2,1-2H3/b20-18-. The van der Waals surface area contributed by atoms with Crippen LogP contribution >= 0.6 is 0 Å². The smallest absolute Gasteiger partial charge is 0.295 e. The summed E-state index contributed by atoms with van der Waals surface area (Å²) in [7, 11) is 3.06. The number of carbonyl (C=O) groups is 2. The second kappa shape index (κ2) is 9.40. The first-order valence-corrected chi connectivity index (χ1v) is 9.55.